The molecular formula is C69H48N4O8. The molecule has 0 heterocycles. The van der Waals surface area contributed by atoms with Gasteiger partial charge < -0.3 is 18.9 Å². The molecule has 0 aliphatic heterocycles. The Balaban J connectivity index is 1.26. The molecule has 0 fully saturated rings. The third kappa shape index (κ3) is 14.1. The summed E-state index contributed by atoms with van der Waals surface area (Å²) in [5.74, 6) is -4.17. The summed E-state index contributed by atoms with van der Waals surface area (Å²) in [7, 11) is 0. The van der Waals surface area contributed by atoms with Gasteiger partial charge in [-0.25, -0.2) is 19.2 Å². The summed E-state index contributed by atoms with van der Waals surface area (Å²) >= 11 is 0. The van der Waals surface area contributed by atoms with Gasteiger partial charge in [-0.15, -0.1) is 0 Å². The Bertz CT molecular complexity index is 3530. The van der Waals surface area contributed by atoms with E-state index in [1.165, 1.54) is 12.2 Å². The van der Waals surface area contributed by atoms with Crippen LogP contribution in [0.1, 0.15) is 55.6 Å². The van der Waals surface area contributed by atoms with Gasteiger partial charge in [0.2, 0.25) is 0 Å². The average molecular weight is 1060 g/mol. The van der Waals surface area contributed by atoms with Crippen LogP contribution in [0.4, 0.5) is 0 Å². The number of rotatable bonds is 20. The highest BCUT2D eigenvalue weighted by Gasteiger charge is 2.39. The summed E-state index contributed by atoms with van der Waals surface area (Å²) in [5.41, 5.74) is 2.84. The van der Waals surface area contributed by atoms with Crippen LogP contribution in [-0.2, 0) is 38.1 Å². The number of ether oxygens (including phenoxy) is 4. The molecule has 81 heavy (non-hydrogen) atoms. The van der Waals surface area contributed by atoms with Gasteiger partial charge in [-0.3, -0.25) is 0 Å². The first-order chi connectivity index (χ1) is 39.6. The Morgan fingerprint density at radius 1 is 0.346 bits per heavy atom. The first kappa shape index (κ1) is 55.8. The Labute approximate surface area is 468 Å². The smallest absolute Gasteiger partial charge is 0.349 e. The van der Waals surface area contributed by atoms with E-state index < -0.39 is 66.9 Å². The summed E-state index contributed by atoms with van der Waals surface area (Å²) in [6.45, 7) is -3.21. The van der Waals surface area contributed by atoms with Crippen molar-refractivity contribution in [1.82, 2.24) is 0 Å². The third-order valence-corrected chi connectivity index (χ3v) is 12.8. The van der Waals surface area contributed by atoms with E-state index in [1.54, 1.807) is 231 Å². The molecule has 12 nitrogen and oxygen atoms in total. The van der Waals surface area contributed by atoms with Crippen molar-refractivity contribution in [2.75, 3.05) is 26.4 Å². The number of hydrogen-bond donors (Lipinski definition) is 0. The van der Waals surface area contributed by atoms with Gasteiger partial charge in [0.15, 0.2) is 0 Å². The van der Waals surface area contributed by atoms with E-state index in [-0.39, 0.29) is 22.3 Å². The first-order valence-corrected chi connectivity index (χ1v) is 25.4. The zero-order valence-electron chi connectivity index (χ0n) is 43.5. The highest BCUT2D eigenvalue weighted by Crippen LogP contribution is 2.33. The fourth-order valence-electron chi connectivity index (χ4n) is 8.84. The van der Waals surface area contributed by atoms with Crippen molar-refractivity contribution >= 4 is 46.2 Å². The molecule has 8 aromatic rings. The van der Waals surface area contributed by atoms with Crippen molar-refractivity contribution in [1.29, 1.82) is 21.0 Å². The molecule has 0 radical (unpaired) electrons. The maximum Gasteiger partial charge on any atom is 0.349 e. The topological polar surface area (TPSA) is 200 Å². The minimum Gasteiger partial charge on any atom is -0.462 e. The maximum absolute atomic E-state index is 14.7. The predicted molar refractivity (Wildman–Crippen MR) is 305 cm³/mol. The van der Waals surface area contributed by atoms with Crippen molar-refractivity contribution in [3.8, 4) is 24.3 Å². The van der Waals surface area contributed by atoms with Gasteiger partial charge in [0, 0.05) is 34.4 Å². The normalized spacial score (nSPS) is 11.0. The zero-order chi connectivity index (χ0) is 56.8. The van der Waals surface area contributed by atoms with Crippen molar-refractivity contribution in [2.45, 2.75) is 0 Å². The predicted octanol–water partition coefficient (Wildman–Crippen LogP) is 12.2. The molecule has 8 rings (SSSR count). The minimum atomic E-state index is -2.01. The molecule has 0 saturated carbocycles. The molecule has 0 bridgehead atoms. The largest absolute Gasteiger partial charge is 0.462 e. The van der Waals surface area contributed by atoms with E-state index in [2.05, 4.69) is 12.1 Å². The molecule has 0 aliphatic carbocycles. The van der Waals surface area contributed by atoms with Gasteiger partial charge in [0.25, 0.3) is 0 Å². The van der Waals surface area contributed by atoms with Crippen LogP contribution in [0, 0.1) is 50.7 Å². The number of nitriles is 4. The Morgan fingerprint density at radius 3 is 0.889 bits per heavy atom. The fraction of sp³-hybridized carbons (Fsp3) is 0.0725. The van der Waals surface area contributed by atoms with Gasteiger partial charge in [0.05, 0.1) is 23.3 Å². The van der Waals surface area contributed by atoms with E-state index in [1.807, 2.05) is 12.1 Å². The van der Waals surface area contributed by atoms with Crippen molar-refractivity contribution < 1.29 is 38.1 Å². The second kappa shape index (κ2) is 27.6. The van der Waals surface area contributed by atoms with Crippen LogP contribution in [0.25, 0.3) is 22.3 Å². The van der Waals surface area contributed by atoms with E-state index in [0.29, 0.717) is 55.7 Å². The van der Waals surface area contributed by atoms with Crippen LogP contribution in [0.2, 0.25) is 0 Å². The van der Waals surface area contributed by atoms with Crippen LogP contribution in [0.5, 0.6) is 0 Å². The Morgan fingerprint density at radius 2 is 0.605 bits per heavy atom. The SMILES string of the molecule is N#CC(C(=O)OCC(COC(=O)C=C(c1ccccc1)c1ccccc1C#N)(COC(=O)C=C(c1ccccc1)c1ccccc1C#N)COC(=O)C(C#N)=C(c1ccccc1)c1ccccc1)=C(c1ccccc1)c1ccccc1. The molecule has 392 valence electrons. The molecule has 8 aromatic carbocycles. The van der Waals surface area contributed by atoms with Gasteiger partial charge in [0.1, 0.15) is 55.1 Å². The molecule has 12 heteroatoms. The van der Waals surface area contributed by atoms with Crippen LogP contribution < -0.4 is 0 Å². The number of benzene rings is 8. The molecular weight excluding hydrogens is 1010 g/mol. The molecule has 0 amide bonds. The second-order valence-electron chi connectivity index (χ2n) is 18.2. The lowest BCUT2D eigenvalue weighted by Gasteiger charge is -2.31. The fourth-order valence-corrected chi connectivity index (χ4v) is 8.84. The van der Waals surface area contributed by atoms with Crippen LogP contribution in [-0.4, -0.2) is 50.3 Å². The number of nitrogens with zero attached hydrogens (tertiary/aromatic N) is 4. The van der Waals surface area contributed by atoms with Gasteiger partial charge in [-0.2, -0.15) is 21.0 Å². The molecule has 0 saturated heterocycles. The minimum absolute atomic E-state index is 0.240. The average Bonchev–Trinajstić information content (AvgIpc) is 3.61. The Hall–Kier alpha value is -11.4. The highest BCUT2D eigenvalue weighted by atomic mass is 16.6. The van der Waals surface area contributed by atoms with Crippen LogP contribution >= 0.6 is 0 Å². The molecule has 0 atom stereocenters. The number of carbonyl (C=O) groups is 4. The first-order valence-electron chi connectivity index (χ1n) is 25.4. The highest BCUT2D eigenvalue weighted by molar-refractivity contribution is 6.06. The van der Waals surface area contributed by atoms with Gasteiger partial charge in [-0.1, -0.05) is 218 Å². The summed E-state index contributed by atoms with van der Waals surface area (Å²) in [6.07, 6.45) is 2.37. The maximum atomic E-state index is 14.7. The lowest BCUT2D eigenvalue weighted by molar-refractivity contribution is -0.164. The van der Waals surface area contributed by atoms with Gasteiger partial charge in [-0.05, 0) is 56.7 Å². The number of hydrogen-bond acceptors (Lipinski definition) is 12. The standard InChI is InChI=1S/C69H48N4O8/c70-41-55-35-19-21-37-57(55)59(49-23-7-1-8-24-49)39-63(74)78-45-69(46-79-64(75)40-60(50-25-9-2-10-26-50)58-38-22-20-36-56(58)42-71,47-80-67(76)61(43-72)65(51-27-11-3-12-28-51)52-29-13-4-14-30-52)48-81-68(77)62(44-73)66(53-31-15-5-16-32-53)54-33-17-6-18-34-54/h1-40H,45-48H2. The van der Waals surface area contributed by atoms with Gasteiger partial charge >= 0.3 is 23.9 Å². The quantitative estimate of drug-likeness (QED) is 0.0303. The van der Waals surface area contributed by atoms with E-state index in [0.717, 1.165) is 0 Å². The Kier molecular flexibility index (Phi) is 19.0. The zero-order valence-corrected chi connectivity index (χ0v) is 43.5. The summed E-state index contributed by atoms with van der Waals surface area (Å²) in [6, 6.07) is 74.3. The van der Waals surface area contributed by atoms with Crippen molar-refractivity contribution in [3.05, 3.63) is 309 Å². The summed E-state index contributed by atoms with van der Waals surface area (Å²) in [5, 5.41) is 41.9. The third-order valence-electron chi connectivity index (χ3n) is 12.8. The molecule has 0 spiro atoms. The summed E-state index contributed by atoms with van der Waals surface area (Å²) < 4.78 is 24.3. The number of carbonyl (C=O) groups excluding carboxylic acids is 4. The lowest BCUT2D eigenvalue weighted by atomic mass is 9.91. The van der Waals surface area contributed by atoms with E-state index in [9.17, 15) is 40.2 Å². The van der Waals surface area contributed by atoms with Crippen molar-refractivity contribution in [2.24, 2.45) is 5.41 Å². The van der Waals surface area contributed by atoms with Crippen LogP contribution in [0.3, 0.4) is 0 Å². The monoisotopic (exact) mass is 1060 g/mol. The molecule has 0 aliphatic rings. The lowest BCUT2D eigenvalue weighted by Crippen LogP contribution is -2.44. The molecule has 0 unspecified atom stereocenters. The van der Waals surface area contributed by atoms with E-state index >= 15 is 0 Å². The number of esters is 4. The second-order valence-corrected chi connectivity index (χ2v) is 18.2. The van der Waals surface area contributed by atoms with E-state index in [4.69, 9.17) is 18.9 Å². The molecule has 0 N–H and O–H groups in total. The molecule has 0 aromatic heterocycles. The van der Waals surface area contributed by atoms with Crippen LogP contribution in [0.15, 0.2) is 254 Å². The van der Waals surface area contributed by atoms with Crippen molar-refractivity contribution in [3.63, 3.8) is 0 Å². The summed E-state index contributed by atoms with van der Waals surface area (Å²) in [4.78, 5) is 58.3.